The van der Waals surface area contributed by atoms with Crippen molar-refractivity contribution in [3.8, 4) is 0 Å². The first-order chi connectivity index (χ1) is 10.4. The number of rotatable bonds is 6. The molecule has 22 heavy (non-hydrogen) atoms. The predicted octanol–water partition coefficient (Wildman–Crippen LogP) is 6.74. The first-order valence-corrected chi connectivity index (χ1v) is 8.48. The fraction of sp³-hybridized carbons (Fsp3) is 0.350. The Morgan fingerprint density at radius 3 is 2.18 bits per heavy atom. The highest BCUT2D eigenvalue weighted by molar-refractivity contribution is 8.06. The summed E-state index contributed by atoms with van der Waals surface area (Å²) in [5.74, 6) is 0.300. The molecule has 1 aromatic carbocycles. The van der Waals surface area contributed by atoms with Crippen molar-refractivity contribution in [1.29, 1.82) is 0 Å². The van der Waals surface area contributed by atoms with E-state index in [2.05, 4.69) is 26.2 Å². The number of allylic oxidation sites excluding steroid dienone is 4. The van der Waals surface area contributed by atoms with E-state index in [4.69, 9.17) is 0 Å². The Labute approximate surface area is 140 Å². The molecule has 1 atom stereocenters. The van der Waals surface area contributed by atoms with E-state index in [1.54, 1.807) is 18.7 Å². The van der Waals surface area contributed by atoms with Gasteiger partial charge in [0.15, 0.2) is 5.78 Å². The van der Waals surface area contributed by atoms with E-state index in [1.165, 1.54) is 5.57 Å². The Bertz CT molecular complexity index is 567. The van der Waals surface area contributed by atoms with Crippen LogP contribution in [0, 0.1) is 5.92 Å². The minimum absolute atomic E-state index is 0.0880. The van der Waals surface area contributed by atoms with Crippen LogP contribution in [0.1, 0.15) is 57.5 Å². The fourth-order valence-corrected chi connectivity index (χ4v) is 2.82. The number of ketones is 1. The zero-order valence-electron chi connectivity index (χ0n) is 14.7. The summed E-state index contributed by atoms with van der Waals surface area (Å²) in [6.07, 6.45) is 2.09. The molecule has 0 radical (unpaired) electrons. The van der Waals surface area contributed by atoms with E-state index in [0.29, 0.717) is 0 Å². The molecule has 0 amide bonds. The summed E-state index contributed by atoms with van der Waals surface area (Å²) in [5.41, 5.74) is 3.01. The van der Waals surface area contributed by atoms with Crippen LogP contribution in [0.2, 0.25) is 0 Å². The summed E-state index contributed by atoms with van der Waals surface area (Å²) in [6, 6.07) is 7.77. The van der Waals surface area contributed by atoms with Gasteiger partial charge in [0.2, 0.25) is 0 Å². The highest BCUT2D eigenvalue weighted by Gasteiger charge is 2.15. The normalized spacial score (nSPS) is 12.0. The van der Waals surface area contributed by atoms with Crippen LogP contribution in [0.25, 0.3) is 5.57 Å². The van der Waals surface area contributed by atoms with Crippen LogP contribution in [0.15, 0.2) is 53.3 Å². The standard InChI is InChI=1S/C18H22OS.C2H6/c1-7-18(13(4)15(6)20-12(2)3)17-10-8-9-16(11-17)14(5)19;1-2/h7-11,13H,2,6H2,1,3-5H3;1-2H3/b18-7+;. The van der Waals surface area contributed by atoms with Crippen molar-refractivity contribution >= 4 is 23.1 Å². The van der Waals surface area contributed by atoms with E-state index < -0.39 is 0 Å². The molecular weight excluding hydrogens is 288 g/mol. The topological polar surface area (TPSA) is 17.1 Å². The molecule has 0 saturated carbocycles. The average molecular weight is 317 g/mol. The first kappa shape index (κ1) is 20.5. The molecule has 1 rings (SSSR count). The lowest BCUT2D eigenvalue weighted by molar-refractivity contribution is 0.101. The molecule has 0 bridgehead atoms. The minimum atomic E-state index is 0.0880. The lowest BCUT2D eigenvalue weighted by atomic mass is 9.92. The molecule has 2 heteroatoms. The number of carbonyl (C=O) groups is 1. The predicted molar refractivity (Wildman–Crippen MR) is 102 cm³/mol. The highest BCUT2D eigenvalue weighted by Crippen LogP contribution is 2.36. The van der Waals surface area contributed by atoms with Gasteiger partial charge in [0.1, 0.15) is 0 Å². The number of Topliss-reactive ketones (excluding diaryl/α,β-unsaturated/α-hetero) is 1. The zero-order valence-corrected chi connectivity index (χ0v) is 15.5. The van der Waals surface area contributed by atoms with Crippen molar-refractivity contribution in [1.82, 2.24) is 0 Å². The quantitative estimate of drug-likeness (QED) is 0.541. The molecule has 0 heterocycles. The number of hydrogen-bond donors (Lipinski definition) is 0. The maximum atomic E-state index is 11.5. The molecule has 0 aliphatic carbocycles. The second kappa shape index (κ2) is 10.2. The summed E-state index contributed by atoms with van der Waals surface area (Å²) < 4.78 is 0. The molecule has 0 fully saturated rings. The molecule has 120 valence electrons. The summed E-state index contributed by atoms with van der Waals surface area (Å²) in [5, 5.41) is 0. The van der Waals surface area contributed by atoms with Crippen LogP contribution in [-0.2, 0) is 0 Å². The maximum absolute atomic E-state index is 11.5. The van der Waals surface area contributed by atoms with Gasteiger partial charge in [-0.15, -0.1) is 0 Å². The second-order valence-electron chi connectivity index (χ2n) is 4.87. The van der Waals surface area contributed by atoms with Crippen molar-refractivity contribution < 1.29 is 4.79 Å². The minimum Gasteiger partial charge on any atom is -0.295 e. The van der Waals surface area contributed by atoms with Gasteiger partial charge >= 0.3 is 0 Å². The first-order valence-electron chi connectivity index (χ1n) is 7.66. The Kier molecular flexibility index (Phi) is 9.51. The average Bonchev–Trinajstić information content (AvgIpc) is 2.49. The van der Waals surface area contributed by atoms with Crippen LogP contribution in [0.4, 0.5) is 0 Å². The molecule has 0 saturated heterocycles. The largest absolute Gasteiger partial charge is 0.295 e. The fourth-order valence-electron chi connectivity index (χ4n) is 2.07. The van der Waals surface area contributed by atoms with Crippen molar-refractivity contribution in [2.45, 2.75) is 41.5 Å². The lowest BCUT2D eigenvalue weighted by Gasteiger charge is -2.19. The monoisotopic (exact) mass is 316 g/mol. The summed E-state index contributed by atoms with van der Waals surface area (Å²) in [6.45, 7) is 19.8. The molecule has 0 aromatic heterocycles. The number of thioether (sulfide) groups is 1. The van der Waals surface area contributed by atoms with E-state index in [9.17, 15) is 4.79 Å². The Morgan fingerprint density at radius 2 is 1.73 bits per heavy atom. The molecule has 0 spiro atoms. The van der Waals surface area contributed by atoms with E-state index in [-0.39, 0.29) is 11.7 Å². The third-order valence-electron chi connectivity index (χ3n) is 3.17. The number of carbonyl (C=O) groups excluding carboxylic acids is 1. The second-order valence-corrected chi connectivity index (χ2v) is 6.30. The van der Waals surface area contributed by atoms with Crippen LogP contribution in [-0.4, -0.2) is 5.78 Å². The van der Waals surface area contributed by atoms with E-state index in [0.717, 1.165) is 20.9 Å². The van der Waals surface area contributed by atoms with Gasteiger partial charge in [-0.3, -0.25) is 4.79 Å². The van der Waals surface area contributed by atoms with Crippen LogP contribution >= 0.6 is 11.8 Å². The third kappa shape index (κ3) is 6.07. The summed E-state index contributed by atoms with van der Waals surface area (Å²) in [4.78, 5) is 13.6. The van der Waals surface area contributed by atoms with Crippen LogP contribution in [0.3, 0.4) is 0 Å². The molecule has 1 aromatic rings. The number of benzene rings is 1. The zero-order chi connectivity index (χ0) is 17.3. The van der Waals surface area contributed by atoms with Gasteiger partial charge in [0.25, 0.3) is 0 Å². The van der Waals surface area contributed by atoms with Crippen molar-refractivity contribution in [2.24, 2.45) is 5.92 Å². The Hall–Kier alpha value is -1.54. The van der Waals surface area contributed by atoms with Gasteiger partial charge in [0.05, 0.1) is 0 Å². The van der Waals surface area contributed by atoms with E-state index >= 15 is 0 Å². The lowest BCUT2D eigenvalue weighted by Crippen LogP contribution is -2.01. The summed E-state index contributed by atoms with van der Waals surface area (Å²) in [7, 11) is 0. The van der Waals surface area contributed by atoms with Crippen molar-refractivity contribution in [2.75, 3.05) is 0 Å². The van der Waals surface area contributed by atoms with Crippen LogP contribution < -0.4 is 0 Å². The highest BCUT2D eigenvalue weighted by atomic mass is 32.2. The van der Waals surface area contributed by atoms with Crippen molar-refractivity contribution in [3.05, 3.63) is 64.4 Å². The van der Waals surface area contributed by atoms with Gasteiger partial charge in [-0.1, -0.05) is 70.0 Å². The third-order valence-corrected chi connectivity index (χ3v) is 4.13. The van der Waals surface area contributed by atoms with Crippen LogP contribution in [0.5, 0.6) is 0 Å². The van der Waals surface area contributed by atoms with Gasteiger partial charge < -0.3 is 0 Å². The SMILES string of the molecule is C=C(C)SC(=C)C(C)/C(=C\C)c1cccc(C(C)=O)c1.CC. The molecule has 1 unspecified atom stereocenters. The van der Waals surface area contributed by atoms with Gasteiger partial charge in [0, 0.05) is 11.5 Å². The number of hydrogen-bond acceptors (Lipinski definition) is 2. The maximum Gasteiger partial charge on any atom is 0.159 e. The molecule has 0 aliphatic rings. The van der Waals surface area contributed by atoms with Gasteiger partial charge in [-0.05, 0) is 47.8 Å². The molecule has 0 N–H and O–H groups in total. The Morgan fingerprint density at radius 1 is 1.18 bits per heavy atom. The smallest absolute Gasteiger partial charge is 0.159 e. The summed E-state index contributed by atoms with van der Waals surface area (Å²) >= 11 is 1.61. The van der Waals surface area contributed by atoms with Gasteiger partial charge in [-0.2, -0.15) is 0 Å². The molecule has 0 aliphatic heterocycles. The van der Waals surface area contributed by atoms with E-state index in [1.807, 2.05) is 52.0 Å². The van der Waals surface area contributed by atoms with Gasteiger partial charge in [-0.25, -0.2) is 0 Å². The molecule has 1 nitrogen and oxygen atoms in total. The van der Waals surface area contributed by atoms with Crippen molar-refractivity contribution in [3.63, 3.8) is 0 Å². The Balaban J connectivity index is 0.00000211. The molecular formula is C20H28OS.